The summed E-state index contributed by atoms with van der Waals surface area (Å²) in [4.78, 5) is 20.9. The zero-order chi connectivity index (χ0) is 16.0. The Labute approximate surface area is 130 Å². The SMILES string of the molecule is CCOC(CCOc1c(Cl)cc([N+](=O)[O-])cc1Cl)C(=O)O. The number of ether oxygens (including phenoxy) is 2. The minimum absolute atomic E-state index is 0.00574. The Morgan fingerprint density at radius 1 is 1.43 bits per heavy atom. The van der Waals surface area contributed by atoms with E-state index in [9.17, 15) is 14.9 Å². The number of hydrogen-bond donors (Lipinski definition) is 1. The highest BCUT2D eigenvalue weighted by Crippen LogP contribution is 2.36. The lowest BCUT2D eigenvalue weighted by atomic mass is 10.2. The van der Waals surface area contributed by atoms with Crippen molar-refractivity contribution in [1.82, 2.24) is 0 Å². The van der Waals surface area contributed by atoms with Crippen LogP contribution in [0, 0.1) is 10.1 Å². The van der Waals surface area contributed by atoms with Crippen molar-refractivity contribution in [2.45, 2.75) is 19.4 Å². The van der Waals surface area contributed by atoms with Crippen LogP contribution in [0.25, 0.3) is 0 Å². The standard InChI is InChI=1S/C12H13Cl2NO6/c1-2-20-10(12(16)17)3-4-21-11-8(13)5-7(15(18)19)6-9(11)14/h5-6,10H,2-4H2,1H3,(H,16,17). The van der Waals surface area contributed by atoms with Gasteiger partial charge in [0.05, 0.1) is 21.6 Å². The molecular weight excluding hydrogens is 325 g/mol. The molecular formula is C12H13Cl2NO6. The first-order chi connectivity index (χ1) is 9.86. The number of carbonyl (C=O) groups is 1. The van der Waals surface area contributed by atoms with Crippen LogP contribution in [0.4, 0.5) is 5.69 Å². The smallest absolute Gasteiger partial charge is 0.332 e. The Balaban J connectivity index is 2.71. The molecule has 1 unspecified atom stereocenters. The largest absolute Gasteiger partial charge is 0.490 e. The second-order valence-electron chi connectivity index (χ2n) is 3.92. The molecule has 0 saturated carbocycles. The van der Waals surface area contributed by atoms with Gasteiger partial charge in [-0.3, -0.25) is 10.1 Å². The zero-order valence-electron chi connectivity index (χ0n) is 11.0. The van der Waals surface area contributed by atoms with Gasteiger partial charge in [-0.2, -0.15) is 0 Å². The van der Waals surface area contributed by atoms with E-state index < -0.39 is 17.0 Å². The van der Waals surface area contributed by atoms with Crippen LogP contribution in [-0.4, -0.2) is 35.3 Å². The summed E-state index contributed by atoms with van der Waals surface area (Å²) in [6.07, 6.45) is -0.905. The van der Waals surface area contributed by atoms with Crippen LogP contribution < -0.4 is 4.74 Å². The number of nitrogens with zero attached hydrogens (tertiary/aromatic N) is 1. The highest BCUT2D eigenvalue weighted by atomic mass is 35.5. The molecule has 0 radical (unpaired) electrons. The topological polar surface area (TPSA) is 98.9 Å². The maximum absolute atomic E-state index is 10.9. The van der Waals surface area contributed by atoms with Gasteiger partial charge < -0.3 is 14.6 Å². The normalized spacial score (nSPS) is 12.0. The maximum Gasteiger partial charge on any atom is 0.332 e. The lowest BCUT2D eigenvalue weighted by Crippen LogP contribution is -2.26. The summed E-state index contributed by atoms with van der Waals surface area (Å²) in [5.41, 5.74) is -0.255. The van der Waals surface area contributed by atoms with Crippen molar-refractivity contribution in [2.24, 2.45) is 0 Å². The molecule has 0 amide bonds. The summed E-state index contributed by atoms with van der Waals surface area (Å²) in [5.74, 6) is -1.02. The van der Waals surface area contributed by atoms with E-state index in [4.69, 9.17) is 37.8 Å². The van der Waals surface area contributed by atoms with Gasteiger partial charge in [0.25, 0.3) is 5.69 Å². The van der Waals surface area contributed by atoms with E-state index in [-0.39, 0.29) is 41.1 Å². The second-order valence-corrected chi connectivity index (χ2v) is 4.73. The summed E-state index contributed by atoms with van der Waals surface area (Å²) in [6.45, 7) is 1.94. The van der Waals surface area contributed by atoms with Crippen molar-refractivity contribution < 1.29 is 24.3 Å². The van der Waals surface area contributed by atoms with Gasteiger partial charge in [-0.05, 0) is 6.92 Å². The van der Waals surface area contributed by atoms with Crippen molar-refractivity contribution in [1.29, 1.82) is 0 Å². The first-order valence-corrected chi connectivity index (χ1v) is 6.73. The Morgan fingerprint density at radius 2 is 2.00 bits per heavy atom. The van der Waals surface area contributed by atoms with Gasteiger partial charge >= 0.3 is 5.97 Å². The second kappa shape index (κ2) is 8.02. The molecule has 0 spiro atoms. The van der Waals surface area contributed by atoms with E-state index in [1.165, 1.54) is 0 Å². The summed E-state index contributed by atoms with van der Waals surface area (Å²) < 4.78 is 10.3. The number of nitro groups is 1. The number of carboxylic acids is 1. The fourth-order valence-corrected chi connectivity index (χ4v) is 2.12. The Morgan fingerprint density at radius 3 is 2.43 bits per heavy atom. The zero-order valence-corrected chi connectivity index (χ0v) is 12.6. The van der Waals surface area contributed by atoms with Gasteiger partial charge in [-0.1, -0.05) is 23.2 Å². The Kier molecular flexibility index (Phi) is 6.67. The maximum atomic E-state index is 10.9. The number of benzene rings is 1. The quantitative estimate of drug-likeness (QED) is 0.577. The van der Waals surface area contributed by atoms with Gasteiger partial charge in [-0.25, -0.2) is 4.79 Å². The van der Waals surface area contributed by atoms with Crippen LogP contribution in [0.3, 0.4) is 0 Å². The number of hydrogen-bond acceptors (Lipinski definition) is 5. The van der Waals surface area contributed by atoms with E-state index in [2.05, 4.69) is 0 Å². The molecule has 21 heavy (non-hydrogen) atoms. The Bertz CT molecular complexity index is 513. The predicted octanol–water partition coefficient (Wildman–Crippen LogP) is 3.16. The number of halogens is 2. The molecule has 1 atom stereocenters. The van der Waals surface area contributed by atoms with Crippen LogP contribution in [0.5, 0.6) is 5.75 Å². The van der Waals surface area contributed by atoms with Crippen LogP contribution >= 0.6 is 23.2 Å². The van der Waals surface area contributed by atoms with Crippen molar-refractivity contribution in [2.75, 3.05) is 13.2 Å². The van der Waals surface area contributed by atoms with E-state index >= 15 is 0 Å². The first kappa shape index (κ1) is 17.5. The Hall–Kier alpha value is -1.57. The molecule has 0 aliphatic carbocycles. The molecule has 7 nitrogen and oxygen atoms in total. The minimum atomic E-state index is -1.10. The number of carboxylic acid groups (broad SMARTS) is 1. The van der Waals surface area contributed by atoms with E-state index in [0.717, 1.165) is 12.1 Å². The van der Waals surface area contributed by atoms with Gasteiger partial charge in [0, 0.05) is 25.2 Å². The molecule has 1 N–H and O–H groups in total. The average Bonchev–Trinajstić information content (AvgIpc) is 2.39. The number of aliphatic carboxylic acids is 1. The lowest BCUT2D eigenvalue weighted by molar-refractivity contribution is -0.384. The molecule has 116 valence electrons. The van der Waals surface area contributed by atoms with Gasteiger partial charge in [0.15, 0.2) is 11.9 Å². The molecule has 0 heterocycles. The highest BCUT2D eigenvalue weighted by molar-refractivity contribution is 6.37. The molecule has 0 aromatic heterocycles. The number of non-ortho nitro benzene ring substituents is 1. The van der Waals surface area contributed by atoms with Crippen molar-refractivity contribution >= 4 is 34.9 Å². The summed E-state index contributed by atoms with van der Waals surface area (Å²) in [5, 5.41) is 19.5. The molecule has 1 aromatic rings. The van der Waals surface area contributed by atoms with Gasteiger partial charge in [0.2, 0.25) is 0 Å². The highest BCUT2D eigenvalue weighted by Gasteiger charge is 2.19. The third kappa shape index (κ3) is 5.04. The third-order valence-corrected chi connectivity index (χ3v) is 3.03. The molecule has 1 rings (SSSR count). The van der Waals surface area contributed by atoms with E-state index in [0.29, 0.717) is 0 Å². The molecule has 1 aromatic carbocycles. The van der Waals surface area contributed by atoms with E-state index in [1.807, 2.05) is 0 Å². The first-order valence-electron chi connectivity index (χ1n) is 5.97. The monoisotopic (exact) mass is 337 g/mol. The third-order valence-electron chi connectivity index (χ3n) is 2.46. The fourth-order valence-electron chi connectivity index (χ4n) is 1.54. The average molecular weight is 338 g/mol. The number of rotatable bonds is 8. The number of nitro benzene ring substituents is 1. The van der Waals surface area contributed by atoms with Crippen LogP contribution in [0.15, 0.2) is 12.1 Å². The van der Waals surface area contributed by atoms with E-state index in [1.54, 1.807) is 6.92 Å². The van der Waals surface area contributed by atoms with Gasteiger partial charge in [-0.15, -0.1) is 0 Å². The molecule has 0 fully saturated rings. The van der Waals surface area contributed by atoms with Crippen molar-refractivity contribution in [3.05, 3.63) is 32.3 Å². The molecule has 0 aliphatic heterocycles. The summed E-state index contributed by atoms with van der Waals surface area (Å²) >= 11 is 11.7. The lowest BCUT2D eigenvalue weighted by Gasteiger charge is -2.14. The van der Waals surface area contributed by atoms with Gasteiger partial charge in [0.1, 0.15) is 0 Å². The summed E-state index contributed by atoms with van der Waals surface area (Å²) in [6, 6.07) is 2.22. The molecule has 0 aliphatic rings. The molecule has 0 saturated heterocycles. The minimum Gasteiger partial charge on any atom is -0.490 e. The van der Waals surface area contributed by atoms with Crippen molar-refractivity contribution in [3.8, 4) is 5.75 Å². The van der Waals surface area contributed by atoms with Crippen LogP contribution in [0.1, 0.15) is 13.3 Å². The molecule has 9 heteroatoms. The summed E-state index contributed by atoms with van der Waals surface area (Å²) in [7, 11) is 0. The van der Waals surface area contributed by atoms with Crippen LogP contribution in [-0.2, 0) is 9.53 Å². The van der Waals surface area contributed by atoms with Crippen molar-refractivity contribution in [3.63, 3.8) is 0 Å². The van der Waals surface area contributed by atoms with Crippen LogP contribution in [0.2, 0.25) is 10.0 Å². The predicted molar refractivity (Wildman–Crippen MR) is 76.3 cm³/mol. The molecule has 0 bridgehead atoms. The fraction of sp³-hybridized carbons (Fsp3) is 0.417.